The molecule has 28 heavy (non-hydrogen) atoms. The average molecular weight is 375 g/mol. The van der Waals surface area contributed by atoms with E-state index in [0.29, 0.717) is 11.5 Å². The van der Waals surface area contributed by atoms with Gasteiger partial charge < -0.3 is 5.32 Å². The molecule has 3 nitrogen and oxygen atoms in total. The maximum Gasteiger partial charge on any atom is 0.252 e. The molecule has 0 radical (unpaired) electrons. The summed E-state index contributed by atoms with van der Waals surface area (Å²) in [6.07, 6.45) is 4.66. The minimum atomic E-state index is -0.0121. The minimum absolute atomic E-state index is 0.0121. The van der Waals surface area contributed by atoms with Gasteiger partial charge in [-0.1, -0.05) is 81.1 Å². The number of pyridine rings is 1. The highest BCUT2D eigenvalue weighted by Gasteiger charge is 2.15. The third-order valence-electron chi connectivity index (χ3n) is 5.40. The highest BCUT2D eigenvalue weighted by molar-refractivity contribution is 6.07. The molecule has 1 unspecified atom stereocenters. The van der Waals surface area contributed by atoms with Crippen molar-refractivity contribution in [1.82, 2.24) is 10.3 Å². The summed E-state index contributed by atoms with van der Waals surface area (Å²) in [5.74, 6) is 0.524. The Bertz CT molecular complexity index is 931. The molecule has 0 aliphatic carbocycles. The van der Waals surface area contributed by atoms with E-state index in [2.05, 4.69) is 50.4 Å². The summed E-state index contributed by atoms with van der Waals surface area (Å²) in [5.41, 5.74) is 4.62. The van der Waals surface area contributed by atoms with Crippen molar-refractivity contribution in [3.8, 4) is 11.3 Å². The molecule has 0 saturated heterocycles. The van der Waals surface area contributed by atoms with Crippen LogP contribution in [0.5, 0.6) is 0 Å². The van der Waals surface area contributed by atoms with Gasteiger partial charge in [-0.15, -0.1) is 0 Å². The lowest BCUT2D eigenvalue weighted by atomic mass is 9.99. The number of nitrogens with zero attached hydrogens (tertiary/aromatic N) is 1. The van der Waals surface area contributed by atoms with E-state index in [0.717, 1.165) is 35.1 Å². The second-order valence-electron chi connectivity index (χ2n) is 7.56. The number of amides is 1. The van der Waals surface area contributed by atoms with Gasteiger partial charge in [-0.05, 0) is 31.4 Å². The number of hydrogen-bond acceptors (Lipinski definition) is 2. The second-order valence-corrected chi connectivity index (χ2v) is 7.56. The van der Waals surface area contributed by atoms with Crippen LogP contribution in [0.3, 0.4) is 0 Å². The van der Waals surface area contributed by atoms with E-state index in [1.807, 2.05) is 30.3 Å². The topological polar surface area (TPSA) is 42.0 Å². The number of carbonyl (C=O) groups is 1. The molecule has 3 heteroatoms. The zero-order chi connectivity index (χ0) is 19.9. The zero-order valence-corrected chi connectivity index (χ0v) is 17.2. The van der Waals surface area contributed by atoms with Gasteiger partial charge in [-0.2, -0.15) is 0 Å². The first kappa shape index (κ1) is 20.1. The number of carbonyl (C=O) groups excluding carboxylic acids is 1. The molecule has 3 aromatic rings. The lowest BCUT2D eigenvalue weighted by Gasteiger charge is -2.16. The fraction of sp³-hybridized carbons (Fsp3) is 0.360. The van der Waals surface area contributed by atoms with E-state index >= 15 is 0 Å². The number of aryl methyl sites for hydroxylation is 1. The molecule has 1 atom stereocenters. The number of nitrogens with one attached hydrogen (secondary N) is 1. The predicted octanol–water partition coefficient (Wildman–Crippen LogP) is 6.16. The molecule has 0 aliphatic heterocycles. The van der Waals surface area contributed by atoms with Crippen molar-refractivity contribution in [1.29, 1.82) is 0 Å². The van der Waals surface area contributed by atoms with Crippen molar-refractivity contribution >= 4 is 16.8 Å². The summed E-state index contributed by atoms with van der Waals surface area (Å²) in [4.78, 5) is 17.8. The summed E-state index contributed by atoms with van der Waals surface area (Å²) >= 11 is 0. The predicted molar refractivity (Wildman–Crippen MR) is 118 cm³/mol. The van der Waals surface area contributed by atoms with Crippen LogP contribution in [0.15, 0.2) is 54.6 Å². The number of para-hydroxylation sites is 1. The molecule has 1 aromatic heterocycles. The second kappa shape index (κ2) is 9.50. The summed E-state index contributed by atoms with van der Waals surface area (Å²) in [6.45, 7) is 7.20. The molecule has 0 bridgehead atoms. The van der Waals surface area contributed by atoms with Crippen LogP contribution in [0.2, 0.25) is 0 Å². The van der Waals surface area contributed by atoms with Crippen molar-refractivity contribution in [2.24, 2.45) is 5.92 Å². The first-order valence-electron chi connectivity index (χ1n) is 10.4. The van der Waals surface area contributed by atoms with Gasteiger partial charge in [0.25, 0.3) is 5.91 Å². The Balaban J connectivity index is 1.90. The zero-order valence-electron chi connectivity index (χ0n) is 17.2. The van der Waals surface area contributed by atoms with Crippen LogP contribution in [0.25, 0.3) is 22.2 Å². The van der Waals surface area contributed by atoms with E-state index in [9.17, 15) is 4.79 Å². The monoisotopic (exact) mass is 374 g/mol. The highest BCUT2D eigenvalue weighted by atomic mass is 16.1. The van der Waals surface area contributed by atoms with Crippen molar-refractivity contribution in [3.63, 3.8) is 0 Å². The molecule has 0 fully saturated rings. The Hall–Kier alpha value is -2.68. The Labute approximate surface area is 168 Å². The number of fused-ring (bicyclic) bond motifs is 1. The molecule has 2 aromatic carbocycles. The summed E-state index contributed by atoms with van der Waals surface area (Å²) < 4.78 is 0. The third kappa shape index (κ3) is 4.78. The number of rotatable bonds is 8. The molecule has 0 saturated carbocycles. The molecule has 146 valence electrons. The van der Waals surface area contributed by atoms with E-state index < -0.39 is 0 Å². The van der Waals surface area contributed by atoms with Crippen LogP contribution >= 0.6 is 0 Å². The van der Waals surface area contributed by atoms with E-state index in [1.165, 1.54) is 24.8 Å². The van der Waals surface area contributed by atoms with Crippen LogP contribution in [0, 0.1) is 12.8 Å². The maximum atomic E-state index is 13.1. The summed E-state index contributed by atoms with van der Waals surface area (Å²) in [5, 5.41) is 4.07. The number of unbranched alkanes of at least 4 members (excludes halogenated alkanes) is 1. The average Bonchev–Trinajstić information content (AvgIpc) is 2.73. The Morgan fingerprint density at radius 1 is 1.07 bits per heavy atom. The van der Waals surface area contributed by atoms with Crippen LogP contribution in [0.4, 0.5) is 0 Å². The van der Waals surface area contributed by atoms with Gasteiger partial charge in [0.15, 0.2) is 0 Å². The van der Waals surface area contributed by atoms with Crippen molar-refractivity contribution in [3.05, 3.63) is 65.7 Å². The number of aromatic nitrogens is 1. The molecular formula is C25H30N2O. The molecular weight excluding hydrogens is 344 g/mol. The third-order valence-corrected chi connectivity index (χ3v) is 5.40. The largest absolute Gasteiger partial charge is 0.352 e. The number of benzene rings is 2. The lowest BCUT2D eigenvalue weighted by Crippen LogP contribution is -2.29. The first-order chi connectivity index (χ1) is 13.6. The van der Waals surface area contributed by atoms with Gasteiger partial charge in [0.05, 0.1) is 16.8 Å². The van der Waals surface area contributed by atoms with E-state index in [4.69, 9.17) is 4.98 Å². The normalized spacial score (nSPS) is 12.1. The summed E-state index contributed by atoms with van der Waals surface area (Å²) in [6, 6.07) is 18.1. The van der Waals surface area contributed by atoms with Crippen LogP contribution in [-0.4, -0.2) is 17.4 Å². The van der Waals surface area contributed by atoms with E-state index in [1.54, 1.807) is 0 Å². The van der Waals surface area contributed by atoms with E-state index in [-0.39, 0.29) is 5.91 Å². The highest BCUT2D eigenvalue weighted by Crippen LogP contribution is 2.25. The molecule has 0 spiro atoms. The van der Waals surface area contributed by atoms with Crippen LogP contribution in [-0.2, 0) is 0 Å². The maximum absolute atomic E-state index is 13.1. The molecule has 1 N–H and O–H groups in total. The Morgan fingerprint density at radius 2 is 1.82 bits per heavy atom. The Morgan fingerprint density at radius 3 is 2.54 bits per heavy atom. The van der Waals surface area contributed by atoms with Crippen molar-refractivity contribution in [2.75, 3.05) is 6.54 Å². The standard InChI is InChI=1S/C25H30N2O/c1-4-6-9-19(5-2)17-26-25(28)22-16-24(20-14-12-18(3)13-15-20)27-23-11-8-7-10-21(22)23/h7-8,10-16,19H,4-6,9,17H2,1-3H3,(H,26,28). The molecule has 1 amide bonds. The SMILES string of the molecule is CCCCC(CC)CNC(=O)c1cc(-c2ccc(C)cc2)nc2ccccc12. The molecule has 0 aliphatic rings. The quantitative estimate of drug-likeness (QED) is 0.513. The molecule has 1 heterocycles. The fourth-order valence-corrected chi connectivity index (χ4v) is 3.51. The lowest BCUT2D eigenvalue weighted by molar-refractivity contribution is 0.0947. The van der Waals surface area contributed by atoms with Gasteiger partial charge in [0.2, 0.25) is 0 Å². The molecule has 3 rings (SSSR count). The minimum Gasteiger partial charge on any atom is -0.352 e. The fourth-order valence-electron chi connectivity index (χ4n) is 3.51. The van der Waals surface area contributed by atoms with Gasteiger partial charge in [-0.3, -0.25) is 4.79 Å². The van der Waals surface area contributed by atoms with Crippen LogP contribution < -0.4 is 5.32 Å². The smallest absolute Gasteiger partial charge is 0.252 e. The van der Waals surface area contributed by atoms with Gasteiger partial charge in [0.1, 0.15) is 0 Å². The first-order valence-corrected chi connectivity index (χ1v) is 10.4. The Kier molecular flexibility index (Phi) is 6.80. The summed E-state index contributed by atoms with van der Waals surface area (Å²) in [7, 11) is 0. The van der Waals surface area contributed by atoms with Gasteiger partial charge >= 0.3 is 0 Å². The number of hydrogen-bond donors (Lipinski definition) is 1. The van der Waals surface area contributed by atoms with Gasteiger partial charge in [-0.25, -0.2) is 4.98 Å². The van der Waals surface area contributed by atoms with Crippen molar-refractivity contribution in [2.45, 2.75) is 46.5 Å². The van der Waals surface area contributed by atoms with Gasteiger partial charge in [0, 0.05) is 17.5 Å². The van der Waals surface area contributed by atoms with Crippen molar-refractivity contribution < 1.29 is 4.79 Å². The van der Waals surface area contributed by atoms with Crippen LogP contribution in [0.1, 0.15) is 55.5 Å².